The molecule has 0 fully saturated rings. The first-order chi connectivity index (χ1) is 33.7. The summed E-state index contributed by atoms with van der Waals surface area (Å²) in [6, 6.07) is 97.5. The van der Waals surface area contributed by atoms with Crippen LogP contribution in [-0.4, -0.2) is 4.57 Å². The number of benzene rings is 12. The average Bonchev–Trinajstić information content (AvgIpc) is 3.75. The molecule has 0 bridgehead atoms. The van der Waals surface area contributed by atoms with E-state index in [2.05, 4.69) is 276 Å². The van der Waals surface area contributed by atoms with Gasteiger partial charge in [-0.3, -0.25) is 0 Å². The van der Waals surface area contributed by atoms with E-state index in [4.69, 9.17) is 0 Å². The van der Waals surface area contributed by atoms with Gasteiger partial charge >= 0.3 is 0 Å². The van der Waals surface area contributed by atoms with Gasteiger partial charge in [0.25, 0.3) is 0 Å². The maximum atomic E-state index is 2.43. The minimum absolute atomic E-state index is 1.08. The number of nitrogens with zero attached hydrogens (tertiary/aromatic N) is 2. The molecule has 0 unspecified atom stereocenters. The van der Waals surface area contributed by atoms with Gasteiger partial charge in [0.05, 0.1) is 16.7 Å². The molecule has 0 aliphatic heterocycles. The fourth-order valence-corrected chi connectivity index (χ4v) is 10.6. The molecular weight excluding hydrogens is 821 g/mol. The molecule has 0 radical (unpaired) electrons. The predicted molar refractivity (Wildman–Crippen MR) is 290 cm³/mol. The Kier molecular flexibility index (Phi) is 9.54. The molecule has 1 aromatic heterocycles. The summed E-state index contributed by atoms with van der Waals surface area (Å²) in [7, 11) is 0. The van der Waals surface area contributed by atoms with E-state index in [-0.39, 0.29) is 0 Å². The second-order valence-electron chi connectivity index (χ2n) is 17.6. The smallest absolute Gasteiger partial charge is 0.0541 e. The lowest BCUT2D eigenvalue weighted by atomic mass is 9.86. The van der Waals surface area contributed by atoms with Crippen LogP contribution in [0.1, 0.15) is 0 Å². The molecule has 0 spiro atoms. The van der Waals surface area contributed by atoms with E-state index in [1.54, 1.807) is 0 Å². The molecule has 0 atom stereocenters. The van der Waals surface area contributed by atoms with E-state index in [9.17, 15) is 0 Å². The minimum Gasteiger partial charge on any atom is -0.310 e. The second-order valence-corrected chi connectivity index (χ2v) is 17.6. The maximum absolute atomic E-state index is 2.43. The minimum atomic E-state index is 1.08. The number of rotatable bonds is 8. The lowest BCUT2D eigenvalue weighted by Gasteiger charge is -2.28. The van der Waals surface area contributed by atoms with Crippen LogP contribution in [0.3, 0.4) is 0 Å². The maximum Gasteiger partial charge on any atom is 0.0541 e. The van der Waals surface area contributed by atoms with Crippen molar-refractivity contribution in [3.8, 4) is 50.2 Å². The van der Waals surface area contributed by atoms with E-state index in [1.165, 1.54) is 87.5 Å². The van der Waals surface area contributed by atoms with Gasteiger partial charge in [-0.25, -0.2) is 0 Å². The third-order valence-corrected chi connectivity index (χ3v) is 13.8. The monoisotopic (exact) mass is 864 g/mol. The van der Waals surface area contributed by atoms with Crippen molar-refractivity contribution >= 4 is 71.2 Å². The van der Waals surface area contributed by atoms with Crippen LogP contribution >= 0.6 is 0 Å². The largest absolute Gasteiger partial charge is 0.310 e. The third kappa shape index (κ3) is 6.65. The van der Waals surface area contributed by atoms with Crippen LogP contribution in [0.2, 0.25) is 0 Å². The summed E-state index contributed by atoms with van der Waals surface area (Å²) in [6.07, 6.45) is 0. The van der Waals surface area contributed by atoms with Gasteiger partial charge in [0, 0.05) is 33.4 Å². The standard InChI is InChI=1S/C66H44N2/c1-3-18-47(19-4-1)65-57-25-9-11-27-59(57)66(60-28-12-10-26-58(60)65)48-35-40-54(41-36-48)67(53-38-33-46(34-39-53)50-32-31-45-17-7-8-20-49(45)43-50)62-29-15-13-23-55(62)51-37-42-64-61(44-51)56-24-14-16-30-63(56)68(64)52-21-5-2-6-22-52/h1-44H. The topological polar surface area (TPSA) is 8.17 Å². The Hall–Kier alpha value is -8.98. The zero-order valence-electron chi connectivity index (χ0n) is 37.3. The van der Waals surface area contributed by atoms with Crippen molar-refractivity contribution in [2.24, 2.45) is 0 Å². The van der Waals surface area contributed by atoms with Crippen LogP contribution in [0.25, 0.3) is 104 Å². The molecule has 68 heavy (non-hydrogen) atoms. The van der Waals surface area contributed by atoms with Gasteiger partial charge in [-0.15, -0.1) is 0 Å². The Morgan fingerprint density at radius 3 is 1.40 bits per heavy atom. The first kappa shape index (κ1) is 39.4. The van der Waals surface area contributed by atoms with E-state index < -0.39 is 0 Å². The Morgan fingerprint density at radius 2 is 0.735 bits per heavy atom. The lowest BCUT2D eigenvalue weighted by molar-refractivity contribution is 1.18. The fraction of sp³-hybridized carbons (Fsp3) is 0. The zero-order chi connectivity index (χ0) is 45.0. The summed E-state index contributed by atoms with van der Waals surface area (Å²) in [4.78, 5) is 2.43. The van der Waals surface area contributed by atoms with Crippen LogP contribution in [0.5, 0.6) is 0 Å². The quantitative estimate of drug-likeness (QED) is 0.138. The molecule has 0 N–H and O–H groups in total. The molecule has 2 heteroatoms. The van der Waals surface area contributed by atoms with Gasteiger partial charge in [0.1, 0.15) is 0 Å². The predicted octanol–water partition coefficient (Wildman–Crippen LogP) is 18.4. The van der Waals surface area contributed by atoms with Crippen LogP contribution in [0.4, 0.5) is 17.1 Å². The number of anilines is 3. The average molecular weight is 865 g/mol. The van der Waals surface area contributed by atoms with Gasteiger partial charge in [0.15, 0.2) is 0 Å². The summed E-state index contributed by atoms with van der Waals surface area (Å²) in [5.41, 5.74) is 16.4. The first-order valence-electron chi connectivity index (χ1n) is 23.4. The Morgan fingerprint density at radius 1 is 0.265 bits per heavy atom. The van der Waals surface area contributed by atoms with Gasteiger partial charge in [0.2, 0.25) is 0 Å². The van der Waals surface area contributed by atoms with Crippen molar-refractivity contribution in [3.05, 3.63) is 267 Å². The summed E-state index contributed by atoms with van der Waals surface area (Å²) in [5, 5.41) is 9.94. The van der Waals surface area contributed by atoms with Gasteiger partial charge in [-0.05, 0) is 138 Å². The highest BCUT2D eigenvalue weighted by Crippen LogP contribution is 2.46. The molecule has 0 saturated carbocycles. The number of para-hydroxylation sites is 3. The number of hydrogen-bond acceptors (Lipinski definition) is 1. The highest BCUT2D eigenvalue weighted by Gasteiger charge is 2.21. The molecule has 318 valence electrons. The fourth-order valence-electron chi connectivity index (χ4n) is 10.6. The van der Waals surface area contributed by atoms with E-state index in [0.29, 0.717) is 0 Å². The van der Waals surface area contributed by atoms with Crippen molar-refractivity contribution in [2.45, 2.75) is 0 Å². The summed E-state index contributed by atoms with van der Waals surface area (Å²) < 4.78 is 2.38. The normalized spacial score (nSPS) is 11.5. The Balaban J connectivity index is 0.976. The van der Waals surface area contributed by atoms with Crippen molar-refractivity contribution < 1.29 is 0 Å². The summed E-state index contributed by atoms with van der Waals surface area (Å²) in [6.45, 7) is 0. The molecule has 0 aliphatic rings. The molecule has 1 heterocycles. The SMILES string of the molecule is c1ccc(-c2c3ccccc3c(-c3ccc(N(c4ccc(-c5ccc6ccccc6c5)cc4)c4ccccc4-c4ccc5c(c4)c4ccccc4n5-c4ccccc4)cc3)c3ccccc23)cc1. The molecular formula is C66H44N2. The number of hydrogen-bond donors (Lipinski definition) is 0. The lowest BCUT2D eigenvalue weighted by Crippen LogP contribution is -2.11. The van der Waals surface area contributed by atoms with Gasteiger partial charge in [-0.2, -0.15) is 0 Å². The second kappa shape index (κ2) is 16.5. The number of aromatic nitrogens is 1. The van der Waals surface area contributed by atoms with Crippen LogP contribution in [0, 0.1) is 0 Å². The van der Waals surface area contributed by atoms with Crippen molar-refractivity contribution in [2.75, 3.05) is 4.90 Å². The molecule has 0 amide bonds. The van der Waals surface area contributed by atoms with Crippen LogP contribution in [-0.2, 0) is 0 Å². The van der Waals surface area contributed by atoms with Gasteiger partial charge < -0.3 is 9.47 Å². The third-order valence-electron chi connectivity index (χ3n) is 13.8. The van der Waals surface area contributed by atoms with E-state index in [1.807, 2.05) is 0 Å². The molecule has 13 rings (SSSR count). The van der Waals surface area contributed by atoms with Crippen molar-refractivity contribution in [1.82, 2.24) is 4.57 Å². The van der Waals surface area contributed by atoms with Crippen molar-refractivity contribution in [3.63, 3.8) is 0 Å². The zero-order valence-corrected chi connectivity index (χ0v) is 37.3. The van der Waals surface area contributed by atoms with Crippen LogP contribution < -0.4 is 4.90 Å². The number of fused-ring (bicyclic) bond motifs is 6. The van der Waals surface area contributed by atoms with Gasteiger partial charge in [-0.1, -0.05) is 200 Å². The Bertz CT molecular complexity index is 3940. The van der Waals surface area contributed by atoms with E-state index >= 15 is 0 Å². The first-order valence-corrected chi connectivity index (χ1v) is 23.4. The summed E-state index contributed by atoms with van der Waals surface area (Å²) in [5.74, 6) is 0. The highest BCUT2D eigenvalue weighted by molar-refractivity contribution is 6.21. The van der Waals surface area contributed by atoms with Crippen molar-refractivity contribution in [1.29, 1.82) is 0 Å². The van der Waals surface area contributed by atoms with E-state index in [0.717, 1.165) is 33.9 Å². The Labute approximate surface area is 395 Å². The molecule has 2 nitrogen and oxygen atoms in total. The molecule has 0 saturated heterocycles. The van der Waals surface area contributed by atoms with Crippen LogP contribution in [0.15, 0.2) is 267 Å². The summed E-state index contributed by atoms with van der Waals surface area (Å²) >= 11 is 0. The highest BCUT2D eigenvalue weighted by atomic mass is 15.1. The molecule has 13 aromatic rings. The molecule has 12 aromatic carbocycles. The molecule has 0 aliphatic carbocycles.